The molecule has 182 valence electrons. The van der Waals surface area contributed by atoms with Crippen LogP contribution in [0, 0.1) is 11.8 Å². The van der Waals surface area contributed by atoms with Crippen molar-refractivity contribution in [2.75, 3.05) is 11.4 Å². The number of nitrogens with one attached hydrogen (secondary N) is 2. The van der Waals surface area contributed by atoms with Gasteiger partial charge in [0.05, 0.1) is 11.5 Å². The number of hydrogen-bond donors (Lipinski definition) is 4. The summed E-state index contributed by atoms with van der Waals surface area (Å²) in [5, 5.41) is 24.7. The van der Waals surface area contributed by atoms with Crippen molar-refractivity contribution in [3.05, 3.63) is 29.8 Å². The molecule has 33 heavy (non-hydrogen) atoms. The third kappa shape index (κ3) is 6.86. The minimum atomic E-state index is -4.43. The fraction of sp³-hybridized carbons (Fsp3) is 0.636. The molecule has 2 aliphatic rings. The van der Waals surface area contributed by atoms with E-state index in [2.05, 4.69) is 10.6 Å². The van der Waals surface area contributed by atoms with Crippen LogP contribution in [0.15, 0.2) is 24.3 Å². The Kier molecular flexibility index (Phi) is 7.94. The highest BCUT2D eigenvalue weighted by Crippen LogP contribution is 2.35. The van der Waals surface area contributed by atoms with Gasteiger partial charge in [-0.15, -0.1) is 0 Å². The lowest BCUT2D eigenvalue weighted by molar-refractivity contribution is -0.137. The van der Waals surface area contributed by atoms with E-state index >= 15 is 0 Å². The molecule has 0 radical (unpaired) electrons. The summed E-state index contributed by atoms with van der Waals surface area (Å²) in [5.74, 6) is -1.22. The van der Waals surface area contributed by atoms with Gasteiger partial charge in [0.25, 0.3) is 0 Å². The average molecular weight is 469 g/mol. The second kappa shape index (κ2) is 10.3. The number of amides is 2. The van der Waals surface area contributed by atoms with Crippen molar-refractivity contribution in [3.8, 4) is 0 Å². The standard InChI is InChI=1S/C22H31BF3N3O4/c1-13(2)11-19(23(32)33)28-20(30)17(12-14-3-4-14)27-21(31)18-9-10-29(18)16-7-5-15(6-8-16)22(24,25)26/h5-8,13-14,17-19,32-33H,3-4,9-12H2,1-2H3,(H,27,31)(H,28,30)/t17-,18-,19+/m0/s1. The Morgan fingerprint density at radius 3 is 2.21 bits per heavy atom. The molecule has 1 aromatic rings. The number of carbonyl (C=O) groups excluding carboxylic acids is 2. The predicted molar refractivity (Wildman–Crippen MR) is 118 cm³/mol. The van der Waals surface area contributed by atoms with Gasteiger partial charge in [-0.05, 0) is 55.4 Å². The fourth-order valence-electron chi connectivity index (χ4n) is 4.04. The number of benzene rings is 1. The van der Waals surface area contributed by atoms with Crippen LogP contribution in [0.2, 0.25) is 0 Å². The Bertz CT molecular complexity index is 831. The third-order valence-electron chi connectivity index (χ3n) is 6.16. The summed E-state index contributed by atoms with van der Waals surface area (Å²) in [6.45, 7) is 4.32. The van der Waals surface area contributed by atoms with Gasteiger partial charge >= 0.3 is 13.3 Å². The van der Waals surface area contributed by atoms with E-state index in [0.717, 1.165) is 25.0 Å². The summed E-state index contributed by atoms with van der Waals surface area (Å²) in [4.78, 5) is 27.5. The van der Waals surface area contributed by atoms with Crippen LogP contribution < -0.4 is 15.5 Å². The monoisotopic (exact) mass is 469 g/mol. The molecular weight excluding hydrogens is 438 g/mol. The lowest BCUT2D eigenvalue weighted by Gasteiger charge is -2.42. The molecule has 0 bridgehead atoms. The number of rotatable bonds is 10. The van der Waals surface area contributed by atoms with Crippen LogP contribution in [0.1, 0.15) is 51.5 Å². The maximum absolute atomic E-state index is 12.9. The minimum Gasteiger partial charge on any atom is -0.426 e. The van der Waals surface area contributed by atoms with Crippen molar-refractivity contribution in [3.63, 3.8) is 0 Å². The Balaban J connectivity index is 1.64. The summed E-state index contributed by atoms with van der Waals surface area (Å²) in [6, 6.07) is 3.27. The second-order valence-electron chi connectivity index (χ2n) is 9.44. The first kappa shape index (κ1) is 25.4. The largest absolute Gasteiger partial charge is 0.475 e. The van der Waals surface area contributed by atoms with Gasteiger partial charge in [0, 0.05) is 12.2 Å². The quantitative estimate of drug-likeness (QED) is 0.394. The van der Waals surface area contributed by atoms with Crippen LogP contribution >= 0.6 is 0 Å². The Morgan fingerprint density at radius 1 is 1.12 bits per heavy atom. The van der Waals surface area contributed by atoms with Crippen molar-refractivity contribution in [1.82, 2.24) is 10.6 Å². The number of nitrogens with zero attached hydrogens (tertiary/aromatic N) is 1. The molecule has 0 aromatic heterocycles. The van der Waals surface area contributed by atoms with Crippen LogP contribution in [-0.2, 0) is 15.8 Å². The van der Waals surface area contributed by atoms with E-state index in [4.69, 9.17) is 0 Å². The summed E-state index contributed by atoms with van der Waals surface area (Å²) in [7, 11) is -1.71. The zero-order chi connectivity index (χ0) is 24.3. The SMILES string of the molecule is CC(C)C[C@@H](NC(=O)[C@H](CC1CC1)NC(=O)[C@@H]1CCN1c1ccc(C(F)(F)F)cc1)B(O)O. The molecule has 3 atom stereocenters. The zero-order valence-corrected chi connectivity index (χ0v) is 18.8. The molecule has 1 saturated heterocycles. The zero-order valence-electron chi connectivity index (χ0n) is 18.8. The van der Waals surface area contributed by atoms with E-state index in [1.807, 2.05) is 13.8 Å². The van der Waals surface area contributed by atoms with Crippen molar-refractivity contribution >= 4 is 24.6 Å². The highest BCUT2D eigenvalue weighted by Gasteiger charge is 2.39. The van der Waals surface area contributed by atoms with E-state index in [1.54, 1.807) is 4.90 Å². The van der Waals surface area contributed by atoms with Gasteiger partial charge < -0.3 is 25.6 Å². The molecule has 3 rings (SSSR count). The number of hydrogen-bond acceptors (Lipinski definition) is 5. The number of carbonyl (C=O) groups is 2. The van der Waals surface area contributed by atoms with Gasteiger partial charge in [-0.2, -0.15) is 13.2 Å². The Hall–Kier alpha value is -2.27. The molecule has 0 unspecified atom stereocenters. The first-order chi connectivity index (χ1) is 15.5. The van der Waals surface area contributed by atoms with Crippen molar-refractivity contribution in [2.24, 2.45) is 11.8 Å². The highest BCUT2D eigenvalue weighted by atomic mass is 19.4. The topological polar surface area (TPSA) is 102 Å². The molecule has 1 aliphatic heterocycles. The Morgan fingerprint density at radius 2 is 1.76 bits per heavy atom. The van der Waals surface area contributed by atoms with Crippen LogP contribution in [0.25, 0.3) is 0 Å². The molecular formula is C22H31BF3N3O4. The van der Waals surface area contributed by atoms with Gasteiger partial charge in [0.2, 0.25) is 11.8 Å². The van der Waals surface area contributed by atoms with Crippen LogP contribution in [0.5, 0.6) is 0 Å². The third-order valence-corrected chi connectivity index (χ3v) is 6.16. The number of alkyl halides is 3. The van der Waals surface area contributed by atoms with E-state index < -0.39 is 42.8 Å². The predicted octanol–water partition coefficient (Wildman–Crippen LogP) is 2.11. The molecule has 1 heterocycles. The van der Waals surface area contributed by atoms with E-state index in [0.29, 0.717) is 37.4 Å². The molecule has 7 nitrogen and oxygen atoms in total. The van der Waals surface area contributed by atoms with Gasteiger partial charge in [-0.1, -0.05) is 26.7 Å². The van der Waals surface area contributed by atoms with Gasteiger partial charge in [-0.25, -0.2) is 0 Å². The molecule has 0 spiro atoms. The molecule has 2 amide bonds. The fourth-order valence-corrected chi connectivity index (χ4v) is 4.04. The summed E-state index contributed by atoms with van der Waals surface area (Å²) < 4.78 is 38.4. The van der Waals surface area contributed by atoms with Crippen LogP contribution in [-0.4, -0.2) is 53.6 Å². The van der Waals surface area contributed by atoms with Gasteiger partial charge in [0.1, 0.15) is 12.1 Å². The molecule has 4 N–H and O–H groups in total. The van der Waals surface area contributed by atoms with Crippen molar-refractivity contribution < 1.29 is 32.8 Å². The normalized spacial score (nSPS) is 20.1. The number of anilines is 1. The molecule has 1 aliphatic carbocycles. The second-order valence-corrected chi connectivity index (χ2v) is 9.44. The summed E-state index contributed by atoms with van der Waals surface area (Å²) in [5.41, 5.74) is -0.242. The van der Waals surface area contributed by atoms with Gasteiger partial charge in [-0.3, -0.25) is 9.59 Å². The van der Waals surface area contributed by atoms with Crippen molar-refractivity contribution in [2.45, 2.75) is 70.2 Å². The lowest BCUT2D eigenvalue weighted by Crippen LogP contribution is -2.61. The summed E-state index contributed by atoms with van der Waals surface area (Å²) in [6.07, 6.45) is -1.13. The first-order valence-corrected chi connectivity index (χ1v) is 11.4. The van der Waals surface area contributed by atoms with Crippen LogP contribution in [0.3, 0.4) is 0 Å². The lowest BCUT2D eigenvalue weighted by atomic mass is 9.75. The number of halogens is 3. The van der Waals surface area contributed by atoms with E-state index in [-0.39, 0.29) is 11.8 Å². The maximum Gasteiger partial charge on any atom is 0.475 e. The average Bonchev–Trinajstić information content (AvgIpc) is 3.49. The molecule has 1 aromatic carbocycles. The van der Waals surface area contributed by atoms with Gasteiger partial charge in [0.15, 0.2) is 0 Å². The van der Waals surface area contributed by atoms with Crippen LogP contribution in [0.4, 0.5) is 18.9 Å². The highest BCUT2D eigenvalue weighted by molar-refractivity contribution is 6.43. The summed E-state index contributed by atoms with van der Waals surface area (Å²) >= 11 is 0. The van der Waals surface area contributed by atoms with E-state index in [1.165, 1.54) is 12.1 Å². The molecule has 11 heteroatoms. The molecule has 1 saturated carbocycles. The first-order valence-electron chi connectivity index (χ1n) is 11.4. The maximum atomic E-state index is 12.9. The minimum absolute atomic E-state index is 0.126. The van der Waals surface area contributed by atoms with E-state index in [9.17, 15) is 32.8 Å². The van der Waals surface area contributed by atoms with Crippen molar-refractivity contribution in [1.29, 1.82) is 0 Å². The smallest absolute Gasteiger partial charge is 0.426 e. The molecule has 2 fully saturated rings. The Labute approximate surface area is 191 Å².